The Morgan fingerprint density at radius 3 is 2.71 bits per heavy atom. The molecule has 0 N–H and O–H groups in total. The molecule has 0 amide bonds. The molecule has 17 heavy (non-hydrogen) atoms. The topological polar surface area (TPSA) is 29.5 Å². The lowest BCUT2D eigenvalue weighted by Crippen LogP contribution is -2.35. The lowest BCUT2D eigenvalue weighted by atomic mass is 10.00. The van der Waals surface area contributed by atoms with E-state index in [1.807, 2.05) is 6.92 Å². The minimum absolute atomic E-state index is 0.130. The Labute approximate surface area is 113 Å². The van der Waals surface area contributed by atoms with Crippen LogP contribution in [0.25, 0.3) is 0 Å². The molecule has 5 heteroatoms. The van der Waals surface area contributed by atoms with E-state index in [0.717, 1.165) is 29.1 Å². The maximum atomic E-state index is 11.2. The smallest absolute Gasteiger partial charge is 0.306 e. The standard InChI is InChI=1S/C12H21NO2S2/c1-3-15-11(14)6-9-17-12(16)13-7-4-10(2)5-8-13/h10H,3-9H2,1-2H3. The van der Waals surface area contributed by atoms with Crippen molar-refractivity contribution in [2.75, 3.05) is 25.4 Å². The van der Waals surface area contributed by atoms with Crippen molar-refractivity contribution in [1.82, 2.24) is 4.90 Å². The zero-order valence-corrected chi connectivity index (χ0v) is 12.2. The molecule has 1 heterocycles. The maximum Gasteiger partial charge on any atom is 0.306 e. The van der Waals surface area contributed by atoms with Gasteiger partial charge in [0.15, 0.2) is 0 Å². The van der Waals surface area contributed by atoms with Crippen LogP contribution in [0.2, 0.25) is 0 Å². The summed E-state index contributed by atoms with van der Waals surface area (Å²) in [5.74, 6) is 1.41. The summed E-state index contributed by atoms with van der Waals surface area (Å²) in [7, 11) is 0. The number of esters is 1. The molecule has 0 aliphatic carbocycles. The number of piperidine rings is 1. The van der Waals surface area contributed by atoms with Crippen molar-refractivity contribution >= 4 is 34.3 Å². The monoisotopic (exact) mass is 275 g/mol. The van der Waals surface area contributed by atoms with Crippen LogP contribution in [-0.4, -0.2) is 40.6 Å². The first-order valence-corrected chi connectivity index (χ1v) is 7.60. The number of hydrogen-bond donors (Lipinski definition) is 0. The van der Waals surface area contributed by atoms with E-state index in [2.05, 4.69) is 11.8 Å². The summed E-state index contributed by atoms with van der Waals surface area (Å²) in [6.07, 6.45) is 2.89. The molecule has 0 saturated carbocycles. The molecule has 0 aromatic carbocycles. The summed E-state index contributed by atoms with van der Waals surface area (Å²) < 4.78 is 5.81. The summed E-state index contributed by atoms with van der Waals surface area (Å²) in [5, 5.41) is 0. The molecule has 1 saturated heterocycles. The fraction of sp³-hybridized carbons (Fsp3) is 0.833. The third-order valence-corrected chi connectivity index (χ3v) is 4.40. The highest BCUT2D eigenvalue weighted by Gasteiger charge is 2.18. The summed E-state index contributed by atoms with van der Waals surface area (Å²) >= 11 is 6.96. The highest BCUT2D eigenvalue weighted by atomic mass is 32.2. The average Bonchev–Trinajstić information content (AvgIpc) is 2.30. The van der Waals surface area contributed by atoms with Gasteiger partial charge in [-0.05, 0) is 25.7 Å². The Hall–Kier alpha value is -0.290. The van der Waals surface area contributed by atoms with E-state index in [4.69, 9.17) is 17.0 Å². The number of carbonyl (C=O) groups excluding carboxylic acids is 1. The van der Waals surface area contributed by atoms with E-state index in [-0.39, 0.29) is 5.97 Å². The Balaban J connectivity index is 2.14. The number of carbonyl (C=O) groups is 1. The lowest BCUT2D eigenvalue weighted by Gasteiger charge is -2.31. The Morgan fingerprint density at radius 1 is 1.47 bits per heavy atom. The van der Waals surface area contributed by atoms with E-state index in [1.54, 1.807) is 11.8 Å². The van der Waals surface area contributed by atoms with Gasteiger partial charge in [-0.15, -0.1) is 0 Å². The van der Waals surface area contributed by atoms with E-state index < -0.39 is 0 Å². The second-order valence-electron chi connectivity index (χ2n) is 4.34. The van der Waals surface area contributed by atoms with Crippen LogP contribution in [0.3, 0.4) is 0 Å². The summed E-state index contributed by atoms with van der Waals surface area (Å²) in [5.41, 5.74) is 0. The molecule has 1 aliphatic heterocycles. The van der Waals surface area contributed by atoms with E-state index in [1.165, 1.54) is 12.8 Å². The third kappa shape index (κ3) is 5.73. The number of rotatable bonds is 4. The SMILES string of the molecule is CCOC(=O)CCSC(=S)N1CCC(C)CC1. The number of ether oxygens (including phenoxy) is 1. The third-order valence-electron chi connectivity index (χ3n) is 2.88. The second-order valence-corrected chi connectivity index (χ2v) is 6.07. The predicted molar refractivity (Wildman–Crippen MR) is 76.3 cm³/mol. The van der Waals surface area contributed by atoms with Gasteiger partial charge >= 0.3 is 5.97 Å². The fourth-order valence-electron chi connectivity index (χ4n) is 1.74. The normalized spacial score (nSPS) is 16.9. The maximum absolute atomic E-state index is 11.2. The average molecular weight is 275 g/mol. The molecule has 0 bridgehead atoms. The number of thiocarbonyl (C=S) groups is 1. The first-order valence-electron chi connectivity index (χ1n) is 6.20. The van der Waals surface area contributed by atoms with E-state index >= 15 is 0 Å². The van der Waals surface area contributed by atoms with Crippen molar-refractivity contribution in [2.45, 2.75) is 33.1 Å². The van der Waals surface area contributed by atoms with Crippen LogP contribution in [0, 0.1) is 5.92 Å². The first-order chi connectivity index (χ1) is 8.13. The second kappa shape index (κ2) is 7.93. The van der Waals surface area contributed by atoms with Crippen LogP contribution in [0.15, 0.2) is 0 Å². The van der Waals surface area contributed by atoms with Gasteiger partial charge in [0.1, 0.15) is 4.32 Å². The Kier molecular flexibility index (Phi) is 6.89. The fourth-order valence-corrected chi connectivity index (χ4v) is 2.98. The van der Waals surface area contributed by atoms with E-state index in [0.29, 0.717) is 13.0 Å². The minimum Gasteiger partial charge on any atom is -0.466 e. The van der Waals surface area contributed by atoms with Crippen LogP contribution in [0.4, 0.5) is 0 Å². The van der Waals surface area contributed by atoms with E-state index in [9.17, 15) is 4.79 Å². The predicted octanol–water partition coefficient (Wildman–Crippen LogP) is 2.69. The largest absolute Gasteiger partial charge is 0.466 e. The number of likely N-dealkylation sites (tertiary alicyclic amines) is 1. The molecule has 0 atom stereocenters. The van der Waals surface area contributed by atoms with Gasteiger partial charge in [0, 0.05) is 18.8 Å². The van der Waals surface area contributed by atoms with Gasteiger partial charge in [0.05, 0.1) is 13.0 Å². The highest BCUT2D eigenvalue weighted by Crippen LogP contribution is 2.20. The molecule has 3 nitrogen and oxygen atoms in total. The van der Waals surface area contributed by atoms with Crippen molar-refractivity contribution in [3.63, 3.8) is 0 Å². The van der Waals surface area contributed by atoms with Crippen molar-refractivity contribution in [3.8, 4) is 0 Å². The molecule has 1 fully saturated rings. The zero-order valence-electron chi connectivity index (χ0n) is 10.6. The number of hydrogen-bond acceptors (Lipinski definition) is 4. The van der Waals surface area contributed by atoms with Crippen LogP contribution < -0.4 is 0 Å². The van der Waals surface area contributed by atoms with Crippen molar-refractivity contribution < 1.29 is 9.53 Å². The van der Waals surface area contributed by atoms with Gasteiger partial charge in [-0.3, -0.25) is 4.79 Å². The molecule has 0 radical (unpaired) electrons. The molecule has 1 aliphatic rings. The molecule has 0 aromatic rings. The minimum atomic E-state index is -0.130. The summed E-state index contributed by atoms with van der Waals surface area (Å²) in [4.78, 5) is 13.4. The van der Waals surface area contributed by atoms with Gasteiger partial charge in [0.25, 0.3) is 0 Å². The zero-order chi connectivity index (χ0) is 12.7. The van der Waals surface area contributed by atoms with Crippen LogP contribution in [-0.2, 0) is 9.53 Å². The van der Waals surface area contributed by atoms with Crippen molar-refractivity contribution in [3.05, 3.63) is 0 Å². The molecule has 0 unspecified atom stereocenters. The Morgan fingerprint density at radius 2 is 2.12 bits per heavy atom. The van der Waals surface area contributed by atoms with Gasteiger partial charge in [-0.25, -0.2) is 0 Å². The van der Waals surface area contributed by atoms with Gasteiger partial charge in [-0.2, -0.15) is 0 Å². The van der Waals surface area contributed by atoms with Crippen LogP contribution >= 0.6 is 24.0 Å². The summed E-state index contributed by atoms with van der Waals surface area (Å²) in [6.45, 7) is 6.69. The molecule has 0 aromatic heterocycles. The molecule has 0 spiro atoms. The number of thioether (sulfide) groups is 1. The van der Waals surface area contributed by atoms with Crippen LogP contribution in [0.5, 0.6) is 0 Å². The molecular formula is C12H21NO2S2. The van der Waals surface area contributed by atoms with Gasteiger partial charge in [-0.1, -0.05) is 30.9 Å². The molecular weight excluding hydrogens is 254 g/mol. The van der Waals surface area contributed by atoms with Crippen LogP contribution in [0.1, 0.15) is 33.1 Å². The lowest BCUT2D eigenvalue weighted by molar-refractivity contribution is -0.142. The molecule has 98 valence electrons. The Bertz CT molecular complexity index is 263. The first kappa shape index (κ1) is 14.8. The summed E-state index contributed by atoms with van der Waals surface area (Å²) in [6, 6.07) is 0. The molecule has 1 rings (SSSR count). The highest BCUT2D eigenvalue weighted by molar-refractivity contribution is 8.22. The number of nitrogens with zero attached hydrogens (tertiary/aromatic N) is 1. The van der Waals surface area contributed by atoms with Crippen molar-refractivity contribution in [2.24, 2.45) is 5.92 Å². The van der Waals surface area contributed by atoms with Gasteiger partial charge < -0.3 is 9.64 Å². The van der Waals surface area contributed by atoms with Gasteiger partial charge in [0.2, 0.25) is 0 Å². The van der Waals surface area contributed by atoms with Crippen molar-refractivity contribution in [1.29, 1.82) is 0 Å². The quantitative estimate of drug-likeness (QED) is 0.581.